The van der Waals surface area contributed by atoms with E-state index in [-0.39, 0.29) is 5.91 Å². The second-order valence-electron chi connectivity index (χ2n) is 9.44. The van der Waals surface area contributed by atoms with Crippen LogP contribution in [0, 0.1) is 11.8 Å². The van der Waals surface area contributed by atoms with Gasteiger partial charge in [-0.15, -0.1) is 12.6 Å². The number of carbonyl (C=O) groups is 1. The molecule has 0 radical (unpaired) electrons. The highest BCUT2D eigenvalue weighted by Crippen LogP contribution is 2.36. The van der Waals surface area contributed by atoms with Crippen LogP contribution in [0.15, 0.2) is 23.1 Å². The van der Waals surface area contributed by atoms with Gasteiger partial charge >= 0.3 is 0 Å². The predicted octanol–water partition coefficient (Wildman–Crippen LogP) is 5.90. The number of hydrogen-bond donors (Lipinski definition) is 2. The summed E-state index contributed by atoms with van der Waals surface area (Å²) in [5.41, 5.74) is 2.01. The van der Waals surface area contributed by atoms with Gasteiger partial charge in [-0.05, 0) is 74.2 Å². The maximum Gasteiger partial charge on any atom is 0.253 e. The molecule has 1 aromatic carbocycles. The van der Waals surface area contributed by atoms with Crippen LogP contribution >= 0.6 is 12.6 Å². The first-order chi connectivity index (χ1) is 14.1. The molecule has 2 atom stereocenters. The summed E-state index contributed by atoms with van der Waals surface area (Å²) in [7, 11) is 0. The van der Waals surface area contributed by atoms with Crippen LogP contribution < -0.4 is 5.32 Å². The second-order valence-corrected chi connectivity index (χ2v) is 9.92. The summed E-state index contributed by atoms with van der Waals surface area (Å²) in [4.78, 5) is 15.8. The summed E-state index contributed by atoms with van der Waals surface area (Å²) >= 11 is 4.57. The van der Waals surface area contributed by atoms with Gasteiger partial charge in [0.15, 0.2) is 0 Å². The fourth-order valence-electron chi connectivity index (χ4n) is 5.11. The first kappa shape index (κ1) is 22.7. The lowest BCUT2D eigenvalue weighted by atomic mass is 9.75. The number of fused-ring (bicyclic) bond motifs is 1. The molecule has 0 aromatic heterocycles. The lowest BCUT2D eigenvalue weighted by molar-refractivity contribution is 0.0520. The maximum atomic E-state index is 12.8. The van der Waals surface area contributed by atoms with Gasteiger partial charge in [-0.3, -0.25) is 4.79 Å². The fraction of sp³-hybridized carbons (Fsp3) is 0.720. The first-order valence-corrected chi connectivity index (χ1v) is 12.3. The monoisotopic (exact) mass is 416 g/mol. The number of likely N-dealkylation sites (tertiary alicyclic amines) is 1. The van der Waals surface area contributed by atoms with E-state index in [9.17, 15) is 4.79 Å². The van der Waals surface area contributed by atoms with E-state index in [4.69, 9.17) is 0 Å². The molecule has 29 heavy (non-hydrogen) atoms. The van der Waals surface area contributed by atoms with Gasteiger partial charge in [0.1, 0.15) is 0 Å². The van der Waals surface area contributed by atoms with E-state index in [0.717, 1.165) is 35.4 Å². The van der Waals surface area contributed by atoms with E-state index in [1.165, 1.54) is 76.4 Å². The van der Waals surface area contributed by atoms with Crippen LogP contribution in [-0.4, -0.2) is 37.0 Å². The Bertz CT molecular complexity index is 641. The standard InChI is InChI=1S/C19H27NOS.C6H13N/c1-13(2)17-8-7-15(11-18(17)22)19(21)20-10-9-14-5-3-4-6-16(14)12-20;1-2-4-6-7-5-3-1/h7-8,11,13-14,16,22H,3-6,9-10,12H2,1-2H3;7H,1-6H2. The Kier molecular flexibility index (Phi) is 8.92. The average Bonchev–Trinajstić information content (AvgIpc) is 3.06. The topological polar surface area (TPSA) is 32.3 Å². The molecule has 4 rings (SSSR count). The van der Waals surface area contributed by atoms with Crippen molar-refractivity contribution < 1.29 is 4.79 Å². The number of benzene rings is 1. The van der Waals surface area contributed by atoms with Crippen LogP contribution in [0.4, 0.5) is 0 Å². The van der Waals surface area contributed by atoms with Crippen molar-refractivity contribution in [1.29, 1.82) is 0 Å². The molecule has 0 spiro atoms. The summed E-state index contributed by atoms with van der Waals surface area (Å²) in [6, 6.07) is 5.99. The van der Waals surface area contributed by atoms with Crippen molar-refractivity contribution in [2.75, 3.05) is 26.2 Å². The number of carbonyl (C=O) groups excluding carboxylic acids is 1. The number of hydrogen-bond acceptors (Lipinski definition) is 3. The summed E-state index contributed by atoms with van der Waals surface area (Å²) in [6.45, 7) is 8.69. The van der Waals surface area contributed by atoms with Gasteiger partial charge in [0.2, 0.25) is 0 Å². The number of nitrogens with one attached hydrogen (secondary N) is 1. The van der Waals surface area contributed by atoms with Gasteiger partial charge in [-0.1, -0.05) is 52.0 Å². The summed E-state index contributed by atoms with van der Waals surface area (Å²) in [5, 5.41) is 3.35. The van der Waals surface area contributed by atoms with Gasteiger partial charge in [0.05, 0.1) is 0 Å². The number of rotatable bonds is 2. The molecule has 3 nitrogen and oxygen atoms in total. The Morgan fingerprint density at radius 3 is 2.34 bits per heavy atom. The highest BCUT2D eigenvalue weighted by atomic mass is 32.1. The zero-order valence-electron chi connectivity index (χ0n) is 18.5. The Hall–Kier alpha value is -1.00. The minimum atomic E-state index is 0.189. The molecule has 2 saturated heterocycles. The molecule has 1 amide bonds. The molecule has 1 aliphatic carbocycles. The van der Waals surface area contributed by atoms with Crippen molar-refractivity contribution in [1.82, 2.24) is 10.2 Å². The van der Waals surface area contributed by atoms with Crippen molar-refractivity contribution in [3.63, 3.8) is 0 Å². The molecule has 3 aliphatic rings. The van der Waals surface area contributed by atoms with Gasteiger partial charge in [-0.25, -0.2) is 0 Å². The molecule has 2 aliphatic heterocycles. The number of thiol groups is 1. The van der Waals surface area contributed by atoms with Gasteiger partial charge in [-0.2, -0.15) is 0 Å². The van der Waals surface area contributed by atoms with Crippen LogP contribution in [0.5, 0.6) is 0 Å². The molecule has 4 heteroatoms. The summed E-state index contributed by atoms with van der Waals surface area (Å²) in [5.74, 6) is 2.22. The second kappa shape index (κ2) is 11.4. The highest BCUT2D eigenvalue weighted by molar-refractivity contribution is 7.80. The highest BCUT2D eigenvalue weighted by Gasteiger charge is 2.33. The predicted molar refractivity (Wildman–Crippen MR) is 125 cm³/mol. The molecule has 0 bridgehead atoms. The lowest BCUT2D eigenvalue weighted by Gasteiger charge is -2.41. The number of amides is 1. The van der Waals surface area contributed by atoms with Crippen LogP contribution in [0.25, 0.3) is 0 Å². The average molecular weight is 417 g/mol. The van der Waals surface area contributed by atoms with E-state index in [2.05, 4.69) is 42.8 Å². The van der Waals surface area contributed by atoms with E-state index < -0.39 is 0 Å². The van der Waals surface area contributed by atoms with Gasteiger partial charge in [0.25, 0.3) is 5.91 Å². The zero-order chi connectivity index (χ0) is 20.6. The molecular formula is C25H40N2OS. The van der Waals surface area contributed by atoms with Gasteiger partial charge < -0.3 is 10.2 Å². The zero-order valence-corrected chi connectivity index (χ0v) is 19.4. The normalized spacial score (nSPS) is 24.9. The fourth-order valence-corrected chi connectivity index (χ4v) is 5.58. The van der Waals surface area contributed by atoms with Crippen molar-refractivity contribution in [2.45, 2.75) is 82.4 Å². The number of nitrogens with zero attached hydrogens (tertiary/aromatic N) is 1. The van der Waals surface area contributed by atoms with Crippen molar-refractivity contribution in [3.05, 3.63) is 29.3 Å². The van der Waals surface area contributed by atoms with Crippen LogP contribution in [-0.2, 0) is 0 Å². The summed E-state index contributed by atoms with van der Waals surface area (Å²) < 4.78 is 0. The Morgan fingerprint density at radius 1 is 1.00 bits per heavy atom. The van der Waals surface area contributed by atoms with Crippen molar-refractivity contribution >= 4 is 18.5 Å². The van der Waals surface area contributed by atoms with Crippen LogP contribution in [0.2, 0.25) is 0 Å². The molecule has 1 saturated carbocycles. The van der Waals surface area contributed by atoms with Crippen molar-refractivity contribution in [2.24, 2.45) is 11.8 Å². The molecular weight excluding hydrogens is 376 g/mol. The third kappa shape index (κ3) is 6.49. The largest absolute Gasteiger partial charge is 0.338 e. The minimum Gasteiger partial charge on any atom is -0.338 e. The number of piperidine rings is 1. The first-order valence-electron chi connectivity index (χ1n) is 11.9. The molecule has 2 unspecified atom stereocenters. The maximum absolute atomic E-state index is 12.8. The van der Waals surface area contributed by atoms with Crippen LogP contribution in [0.3, 0.4) is 0 Å². The Balaban J connectivity index is 0.000000290. The molecule has 162 valence electrons. The SMILES string of the molecule is C1CCCNCC1.CC(C)c1ccc(C(=O)N2CCC3CCCCC3C2)cc1S. The third-order valence-corrected chi connectivity index (χ3v) is 7.32. The lowest BCUT2D eigenvalue weighted by Crippen LogP contribution is -2.44. The third-order valence-electron chi connectivity index (χ3n) is 6.93. The molecule has 2 heterocycles. The van der Waals surface area contributed by atoms with E-state index in [1.807, 2.05) is 12.1 Å². The van der Waals surface area contributed by atoms with Crippen LogP contribution in [0.1, 0.15) is 93.5 Å². The van der Waals surface area contributed by atoms with E-state index in [0.29, 0.717) is 5.92 Å². The van der Waals surface area contributed by atoms with E-state index in [1.54, 1.807) is 0 Å². The van der Waals surface area contributed by atoms with Crippen molar-refractivity contribution in [3.8, 4) is 0 Å². The molecule has 3 fully saturated rings. The van der Waals surface area contributed by atoms with Gasteiger partial charge in [0, 0.05) is 23.5 Å². The Labute approximate surface area is 183 Å². The quantitative estimate of drug-likeness (QED) is 0.588. The van der Waals surface area contributed by atoms with E-state index >= 15 is 0 Å². The Morgan fingerprint density at radius 2 is 1.69 bits per heavy atom. The molecule has 1 aromatic rings. The summed E-state index contributed by atoms with van der Waals surface area (Å²) in [6.07, 6.45) is 12.2. The smallest absolute Gasteiger partial charge is 0.253 e. The minimum absolute atomic E-state index is 0.189. The molecule has 1 N–H and O–H groups in total.